The number of esters is 1. The van der Waals surface area contributed by atoms with Crippen LogP contribution in [0.5, 0.6) is 0 Å². The van der Waals surface area contributed by atoms with Crippen molar-refractivity contribution in [2.75, 3.05) is 20.7 Å². The number of carbonyl (C=O) groups is 2. The summed E-state index contributed by atoms with van der Waals surface area (Å²) in [5.41, 5.74) is 0.787. The third-order valence-corrected chi connectivity index (χ3v) is 2.28. The highest BCUT2D eigenvalue weighted by Crippen LogP contribution is 2.11. The topological polar surface area (TPSA) is 59.8 Å². The first kappa shape index (κ1) is 12.3. The van der Waals surface area contributed by atoms with E-state index in [2.05, 4.69) is 4.74 Å². The van der Waals surface area contributed by atoms with Crippen LogP contribution >= 0.6 is 0 Å². The average molecular weight is 225 g/mol. The lowest BCUT2D eigenvalue weighted by Crippen LogP contribution is -2.29. The first-order valence-corrected chi connectivity index (χ1v) is 4.92. The smallest absolute Gasteiger partial charge is 0.307 e. The number of furan rings is 1. The molecule has 0 aliphatic rings. The number of methoxy groups -OCH3 is 1. The molecule has 1 heterocycles. The largest absolute Gasteiger partial charge is 0.469 e. The van der Waals surface area contributed by atoms with Gasteiger partial charge in [0, 0.05) is 19.2 Å². The summed E-state index contributed by atoms with van der Waals surface area (Å²) < 4.78 is 9.57. The van der Waals surface area contributed by atoms with E-state index in [0.717, 1.165) is 5.56 Å². The van der Waals surface area contributed by atoms with Gasteiger partial charge in [-0.25, -0.2) is 0 Å². The van der Waals surface area contributed by atoms with Crippen LogP contribution in [0.25, 0.3) is 0 Å². The van der Waals surface area contributed by atoms with E-state index in [-0.39, 0.29) is 18.3 Å². The quantitative estimate of drug-likeness (QED) is 0.723. The van der Waals surface area contributed by atoms with Crippen molar-refractivity contribution >= 4 is 11.9 Å². The fourth-order valence-electron chi connectivity index (χ4n) is 1.23. The molecule has 1 amide bonds. The minimum Gasteiger partial charge on any atom is -0.469 e. The SMILES string of the molecule is COC(=O)CCN(C)C(=O)c1occc1C. The summed E-state index contributed by atoms with van der Waals surface area (Å²) in [6.45, 7) is 2.11. The second kappa shape index (κ2) is 5.34. The standard InChI is InChI=1S/C11H15NO4/c1-8-5-7-16-10(8)11(14)12(2)6-4-9(13)15-3/h5,7H,4,6H2,1-3H3. The first-order valence-electron chi connectivity index (χ1n) is 4.92. The molecule has 5 nitrogen and oxygen atoms in total. The average Bonchev–Trinajstić information content (AvgIpc) is 2.70. The van der Waals surface area contributed by atoms with Gasteiger partial charge >= 0.3 is 5.97 Å². The summed E-state index contributed by atoms with van der Waals surface area (Å²) in [5.74, 6) is -0.255. The van der Waals surface area contributed by atoms with Crippen LogP contribution in [-0.2, 0) is 9.53 Å². The number of aryl methyl sites for hydroxylation is 1. The minimum absolute atomic E-state index is 0.179. The molecule has 1 rings (SSSR count). The van der Waals surface area contributed by atoms with E-state index >= 15 is 0 Å². The van der Waals surface area contributed by atoms with E-state index in [0.29, 0.717) is 12.3 Å². The Hall–Kier alpha value is -1.78. The second-order valence-electron chi connectivity index (χ2n) is 3.49. The summed E-state index contributed by atoms with van der Waals surface area (Å²) in [7, 11) is 2.94. The van der Waals surface area contributed by atoms with Gasteiger partial charge in [-0.3, -0.25) is 9.59 Å². The van der Waals surface area contributed by atoms with Crippen molar-refractivity contribution in [3.05, 3.63) is 23.7 Å². The third kappa shape index (κ3) is 2.85. The lowest BCUT2D eigenvalue weighted by molar-refractivity contribution is -0.140. The molecule has 0 unspecified atom stereocenters. The second-order valence-corrected chi connectivity index (χ2v) is 3.49. The van der Waals surface area contributed by atoms with Crippen LogP contribution < -0.4 is 0 Å². The molecule has 5 heteroatoms. The van der Waals surface area contributed by atoms with Crippen LogP contribution in [0, 0.1) is 6.92 Å². The van der Waals surface area contributed by atoms with Gasteiger partial charge in [0.25, 0.3) is 5.91 Å². The van der Waals surface area contributed by atoms with Crippen molar-refractivity contribution in [2.24, 2.45) is 0 Å². The zero-order valence-corrected chi connectivity index (χ0v) is 9.65. The maximum absolute atomic E-state index is 11.8. The number of hydrogen-bond donors (Lipinski definition) is 0. The molecule has 1 aromatic heterocycles. The molecule has 0 fully saturated rings. The maximum Gasteiger partial charge on any atom is 0.307 e. The molecule has 0 N–H and O–H groups in total. The van der Waals surface area contributed by atoms with E-state index in [1.54, 1.807) is 20.0 Å². The zero-order valence-electron chi connectivity index (χ0n) is 9.65. The van der Waals surface area contributed by atoms with Gasteiger partial charge in [-0.05, 0) is 13.0 Å². The highest BCUT2D eigenvalue weighted by Gasteiger charge is 2.17. The van der Waals surface area contributed by atoms with Crippen molar-refractivity contribution in [3.8, 4) is 0 Å². The normalized spacial score (nSPS) is 9.94. The maximum atomic E-state index is 11.8. The fraction of sp³-hybridized carbons (Fsp3) is 0.455. The highest BCUT2D eigenvalue weighted by molar-refractivity contribution is 5.92. The number of carbonyl (C=O) groups excluding carboxylic acids is 2. The van der Waals surface area contributed by atoms with Gasteiger partial charge in [0.2, 0.25) is 0 Å². The Morgan fingerprint density at radius 3 is 2.69 bits per heavy atom. The van der Waals surface area contributed by atoms with Gasteiger partial charge in [-0.15, -0.1) is 0 Å². The van der Waals surface area contributed by atoms with E-state index in [1.807, 2.05) is 0 Å². The minimum atomic E-state index is -0.337. The lowest BCUT2D eigenvalue weighted by atomic mass is 10.2. The Bertz CT molecular complexity index is 383. The number of amides is 1. The van der Waals surface area contributed by atoms with Gasteiger partial charge in [-0.2, -0.15) is 0 Å². The number of ether oxygens (including phenoxy) is 1. The van der Waals surface area contributed by atoms with Crippen LogP contribution in [0.2, 0.25) is 0 Å². The molecule has 0 radical (unpaired) electrons. The molecule has 0 spiro atoms. The molecular weight excluding hydrogens is 210 g/mol. The Morgan fingerprint density at radius 1 is 1.50 bits per heavy atom. The summed E-state index contributed by atoms with van der Waals surface area (Å²) in [4.78, 5) is 24.1. The van der Waals surface area contributed by atoms with Gasteiger partial charge in [0.05, 0.1) is 19.8 Å². The summed E-state index contributed by atoms with van der Waals surface area (Å²) in [5, 5.41) is 0. The van der Waals surface area contributed by atoms with Crippen molar-refractivity contribution < 1.29 is 18.7 Å². The van der Waals surface area contributed by atoms with Crippen molar-refractivity contribution in [1.29, 1.82) is 0 Å². The number of nitrogens with zero attached hydrogens (tertiary/aromatic N) is 1. The Balaban J connectivity index is 2.55. The van der Waals surface area contributed by atoms with Crippen LogP contribution in [0.4, 0.5) is 0 Å². The Morgan fingerprint density at radius 2 is 2.19 bits per heavy atom. The molecule has 0 aromatic carbocycles. The summed E-state index contributed by atoms with van der Waals surface area (Å²) in [6, 6.07) is 1.72. The molecule has 0 saturated heterocycles. The van der Waals surface area contributed by atoms with Gasteiger partial charge in [0.1, 0.15) is 0 Å². The van der Waals surface area contributed by atoms with Crippen LogP contribution in [-0.4, -0.2) is 37.5 Å². The highest BCUT2D eigenvalue weighted by atomic mass is 16.5. The molecule has 0 aliphatic carbocycles. The fourth-order valence-corrected chi connectivity index (χ4v) is 1.23. The van der Waals surface area contributed by atoms with Crippen molar-refractivity contribution in [3.63, 3.8) is 0 Å². The molecule has 1 aromatic rings. The van der Waals surface area contributed by atoms with Gasteiger partial charge < -0.3 is 14.1 Å². The monoisotopic (exact) mass is 225 g/mol. The molecule has 0 atom stereocenters. The van der Waals surface area contributed by atoms with Crippen LogP contribution in [0.3, 0.4) is 0 Å². The predicted molar refractivity (Wildman–Crippen MR) is 57.0 cm³/mol. The molecule has 0 saturated carbocycles. The third-order valence-electron chi connectivity index (χ3n) is 2.28. The Kier molecular flexibility index (Phi) is 4.10. The molecule has 88 valence electrons. The van der Waals surface area contributed by atoms with Gasteiger partial charge in [0.15, 0.2) is 5.76 Å². The van der Waals surface area contributed by atoms with E-state index in [1.165, 1.54) is 18.3 Å². The van der Waals surface area contributed by atoms with Gasteiger partial charge in [-0.1, -0.05) is 0 Å². The Labute approximate surface area is 94.0 Å². The van der Waals surface area contributed by atoms with Crippen molar-refractivity contribution in [1.82, 2.24) is 4.90 Å². The molecule has 0 bridgehead atoms. The number of hydrogen-bond acceptors (Lipinski definition) is 4. The molecule has 16 heavy (non-hydrogen) atoms. The number of rotatable bonds is 4. The molecule has 0 aliphatic heterocycles. The van der Waals surface area contributed by atoms with Crippen LogP contribution in [0.15, 0.2) is 16.7 Å². The molecular formula is C11H15NO4. The van der Waals surface area contributed by atoms with E-state index in [9.17, 15) is 9.59 Å². The lowest BCUT2D eigenvalue weighted by Gasteiger charge is -2.15. The zero-order chi connectivity index (χ0) is 12.1. The van der Waals surface area contributed by atoms with E-state index in [4.69, 9.17) is 4.42 Å². The summed E-state index contributed by atoms with van der Waals surface area (Å²) in [6.07, 6.45) is 1.65. The van der Waals surface area contributed by atoms with Crippen molar-refractivity contribution in [2.45, 2.75) is 13.3 Å². The predicted octanol–water partition coefficient (Wildman–Crippen LogP) is 1.22. The summed E-state index contributed by atoms with van der Waals surface area (Å²) >= 11 is 0. The van der Waals surface area contributed by atoms with Crippen LogP contribution in [0.1, 0.15) is 22.5 Å². The first-order chi connectivity index (χ1) is 7.56. The van der Waals surface area contributed by atoms with E-state index < -0.39 is 0 Å².